The molecule has 1 N–H and O–H groups in total. The van der Waals surface area contributed by atoms with Crippen LogP contribution < -0.4 is 10.1 Å². The molecule has 0 spiro atoms. The number of terminal acetylenes is 1. The summed E-state index contributed by atoms with van der Waals surface area (Å²) < 4.78 is 6.83. The van der Waals surface area contributed by atoms with E-state index in [0.29, 0.717) is 0 Å². The Bertz CT molecular complexity index is 452. The summed E-state index contributed by atoms with van der Waals surface area (Å²) in [5.41, 5.74) is 1.21. The number of fused-ring (bicyclic) bond motifs is 1. The van der Waals surface area contributed by atoms with Crippen LogP contribution in [0.25, 0.3) is 0 Å². The van der Waals surface area contributed by atoms with Gasteiger partial charge in [-0.2, -0.15) is 0 Å². The van der Waals surface area contributed by atoms with Crippen LogP contribution in [0.2, 0.25) is 0 Å². The van der Waals surface area contributed by atoms with Gasteiger partial charge in [-0.05, 0) is 31.4 Å². The van der Waals surface area contributed by atoms with Crippen molar-refractivity contribution in [3.8, 4) is 18.1 Å². The monoisotopic (exact) mass is 307 g/mol. The Morgan fingerprint density at radius 3 is 3.17 bits per heavy atom. The van der Waals surface area contributed by atoms with Gasteiger partial charge in [-0.25, -0.2) is 0 Å². The molecule has 2 unspecified atom stereocenters. The Morgan fingerprint density at radius 2 is 2.44 bits per heavy atom. The Balaban J connectivity index is 2.24. The quantitative estimate of drug-likeness (QED) is 0.860. The topological polar surface area (TPSA) is 21.3 Å². The van der Waals surface area contributed by atoms with Crippen molar-refractivity contribution in [2.45, 2.75) is 38.3 Å². The summed E-state index contributed by atoms with van der Waals surface area (Å²) in [5.74, 6) is 3.76. The Labute approximate surface area is 117 Å². The van der Waals surface area contributed by atoms with E-state index in [4.69, 9.17) is 11.2 Å². The fourth-order valence-electron chi connectivity index (χ4n) is 2.25. The lowest BCUT2D eigenvalue weighted by Crippen LogP contribution is -2.31. The van der Waals surface area contributed by atoms with Crippen molar-refractivity contribution in [2.24, 2.45) is 0 Å². The molecule has 0 aromatic heterocycles. The molecule has 2 atom stereocenters. The van der Waals surface area contributed by atoms with Crippen molar-refractivity contribution >= 4 is 15.9 Å². The number of ether oxygens (including phenoxy) is 1. The maximum atomic E-state index is 5.79. The van der Waals surface area contributed by atoms with E-state index in [1.807, 2.05) is 6.07 Å². The number of rotatable bonds is 3. The van der Waals surface area contributed by atoms with Gasteiger partial charge in [0.25, 0.3) is 0 Å². The highest BCUT2D eigenvalue weighted by molar-refractivity contribution is 9.10. The van der Waals surface area contributed by atoms with Gasteiger partial charge in [-0.1, -0.05) is 34.8 Å². The van der Waals surface area contributed by atoms with Crippen molar-refractivity contribution in [2.75, 3.05) is 6.61 Å². The van der Waals surface area contributed by atoms with E-state index in [0.717, 1.165) is 36.1 Å². The van der Waals surface area contributed by atoms with Gasteiger partial charge in [0, 0.05) is 16.1 Å². The second-order valence-corrected chi connectivity index (χ2v) is 5.44. The van der Waals surface area contributed by atoms with Crippen LogP contribution in [-0.4, -0.2) is 12.6 Å². The summed E-state index contributed by atoms with van der Waals surface area (Å²) in [7, 11) is 0. The molecule has 18 heavy (non-hydrogen) atoms. The molecule has 2 nitrogen and oxygen atoms in total. The van der Waals surface area contributed by atoms with E-state index < -0.39 is 0 Å². The van der Waals surface area contributed by atoms with Crippen molar-refractivity contribution in [3.05, 3.63) is 28.2 Å². The van der Waals surface area contributed by atoms with Crippen molar-refractivity contribution in [1.29, 1.82) is 0 Å². The molecule has 1 heterocycles. The smallest absolute Gasteiger partial charge is 0.125 e. The second-order valence-electron chi connectivity index (χ2n) is 4.52. The minimum absolute atomic E-state index is 0.129. The average molecular weight is 308 g/mol. The molecular weight excluding hydrogens is 290 g/mol. The van der Waals surface area contributed by atoms with E-state index in [2.05, 4.69) is 46.2 Å². The van der Waals surface area contributed by atoms with Gasteiger partial charge in [0.15, 0.2) is 0 Å². The summed E-state index contributed by atoms with van der Waals surface area (Å²) in [6.45, 7) is 2.88. The van der Waals surface area contributed by atoms with Crippen LogP contribution in [0.1, 0.15) is 37.8 Å². The normalized spacial score (nSPS) is 20.2. The number of benzene rings is 1. The lowest BCUT2D eigenvalue weighted by Gasteiger charge is -2.22. The van der Waals surface area contributed by atoms with Crippen LogP contribution in [0.5, 0.6) is 5.75 Å². The van der Waals surface area contributed by atoms with Gasteiger partial charge in [0.2, 0.25) is 0 Å². The molecule has 2 rings (SSSR count). The highest BCUT2D eigenvalue weighted by atomic mass is 79.9. The first kappa shape index (κ1) is 13.5. The third kappa shape index (κ3) is 3.07. The fraction of sp³-hybridized carbons (Fsp3) is 0.467. The van der Waals surface area contributed by atoms with Gasteiger partial charge in [-0.3, -0.25) is 5.32 Å². The summed E-state index contributed by atoms with van der Waals surface area (Å²) >= 11 is 3.48. The highest BCUT2D eigenvalue weighted by Crippen LogP contribution is 2.33. The molecule has 0 fully saturated rings. The lowest BCUT2D eigenvalue weighted by atomic mass is 10.0. The molecule has 96 valence electrons. The van der Waals surface area contributed by atoms with Crippen molar-refractivity contribution in [1.82, 2.24) is 5.32 Å². The summed E-state index contributed by atoms with van der Waals surface area (Å²) in [6, 6.07) is 6.62. The molecule has 0 bridgehead atoms. The molecule has 0 radical (unpaired) electrons. The molecule has 0 saturated heterocycles. The summed E-state index contributed by atoms with van der Waals surface area (Å²) in [5, 5.41) is 3.54. The van der Waals surface area contributed by atoms with Crippen LogP contribution in [0.3, 0.4) is 0 Å². The third-order valence-corrected chi connectivity index (χ3v) is 3.75. The van der Waals surface area contributed by atoms with Crippen molar-refractivity contribution < 1.29 is 4.74 Å². The molecule has 0 aliphatic carbocycles. The summed E-state index contributed by atoms with van der Waals surface area (Å²) in [6.07, 6.45) is 8.59. The first-order valence-corrected chi connectivity index (χ1v) is 7.18. The molecule has 0 amide bonds. The maximum absolute atomic E-state index is 5.79. The summed E-state index contributed by atoms with van der Waals surface area (Å²) in [4.78, 5) is 0. The van der Waals surface area contributed by atoms with Gasteiger partial charge in [0.05, 0.1) is 12.6 Å². The van der Waals surface area contributed by atoms with Crippen LogP contribution in [0, 0.1) is 12.3 Å². The maximum Gasteiger partial charge on any atom is 0.125 e. The van der Waals surface area contributed by atoms with E-state index in [1.165, 1.54) is 5.56 Å². The van der Waals surface area contributed by atoms with Gasteiger partial charge in [-0.15, -0.1) is 6.42 Å². The largest absolute Gasteiger partial charge is 0.493 e. The lowest BCUT2D eigenvalue weighted by molar-refractivity contribution is 0.314. The molecule has 0 saturated carbocycles. The van der Waals surface area contributed by atoms with Gasteiger partial charge in [0.1, 0.15) is 5.75 Å². The fourth-order valence-corrected chi connectivity index (χ4v) is 2.59. The number of nitrogens with one attached hydrogen (secondary N) is 1. The Kier molecular flexibility index (Phi) is 4.68. The molecule has 1 aliphatic rings. The van der Waals surface area contributed by atoms with E-state index in [-0.39, 0.29) is 12.1 Å². The zero-order valence-electron chi connectivity index (χ0n) is 10.6. The first-order chi connectivity index (χ1) is 8.74. The van der Waals surface area contributed by atoms with Gasteiger partial charge >= 0.3 is 0 Å². The first-order valence-electron chi connectivity index (χ1n) is 6.39. The van der Waals surface area contributed by atoms with Crippen LogP contribution in [0.4, 0.5) is 0 Å². The molecule has 1 aliphatic heterocycles. The van der Waals surface area contributed by atoms with Crippen molar-refractivity contribution in [3.63, 3.8) is 0 Å². The average Bonchev–Trinajstić information content (AvgIpc) is 2.57. The molecule has 3 heteroatoms. The Hall–Kier alpha value is -0.980. The molecule has 1 aromatic carbocycles. The minimum Gasteiger partial charge on any atom is -0.493 e. The standard InChI is InChI=1S/C15H18BrNO/c1-3-12(4-2)17-14-6-5-9-18-15-10-11(16)7-8-13(14)15/h1,7-8,10,12,14,17H,4-6,9H2,2H3. The SMILES string of the molecule is C#CC(CC)NC1CCCOc2cc(Br)ccc21. The number of hydrogen-bond donors (Lipinski definition) is 1. The van der Waals surface area contributed by atoms with E-state index >= 15 is 0 Å². The zero-order chi connectivity index (χ0) is 13.0. The predicted molar refractivity (Wildman–Crippen MR) is 77.7 cm³/mol. The van der Waals surface area contributed by atoms with E-state index in [1.54, 1.807) is 0 Å². The van der Waals surface area contributed by atoms with E-state index in [9.17, 15) is 0 Å². The molecule has 1 aromatic rings. The number of hydrogen-bond acceptors (Lipinski definition) is 2. The highest BCUT2D eigenvalue weighted by Gasteiger charge is 2.21. The van der Waals surface area contributed by atoms with Gasteiger partial charge < -0.3 is 4.74 Å². The third-order valence-electron chi connectivity index (χ3n) is 3.26. The minimum atomic E-state index is 0.129. The second kappa shape index (κ2) is 6.26. The van der Waals surface area contributed by atoms with Crippen LogP contribution in [-0.2, 0) is 0 Å². The predicted octanol–water partition coefficient (Wildman–Crippen LogP) is 3.66. The number of halogens is 1. The zero-order valence-corrected chi connectivity index (χ0v) is 12.2. The Morgan fingerprint density at radius 1 is 1.61 bits per heavy atom. The van der Waals surface area contributed by atoms with Crippen LogP contribution >= 0.6 is 15.9 Å². The van der Waals surface area contributed by atoms with Crippen LogP contribution in [0.15, 0.2) is 22.7 Å². The molecular formula is C15H18BrNO.